The first-order valence-electron chi connectivity index (χ1n) is 3.59. The molecule has 1 aromatic rings. The normalized spacial score (nSPS) is 11.8. The molecule has 0 aliphatic heterocycles. The summed E-state index contributed by atoms with van der Waals surface area (Å²) in [6, 6.07) is 4.52. The molecular weight excluding hydrogens is 236 g/mol. The van der Waals surface area contributed by atoms with Crippen LogP contribution in [-0.4, -0.2) is 11.9 Å². The standard InChI is InChI=1S/C8H7BrN2O2/c1-5(4-10)11-8(12)6-2-3-7(9)13-6/h2-3,5H,1H3,(H,11,12). The van der Waals surface area contributed by atoms with Gasteiger partial charge < -0.3 is 9.73 Å². The van der Waals surface area contributed by atoms with Crippen molar-refractivity contribution in [3.05, 3.63) is 22.6 Å². The molecule has 1 aromatic heterocycles. The average Bonchev–Trinajstić information content (AvgIpc) is 2.51. The highest BCUT2D eigenvalue weighted by Gasteiger charge is 2.12. The highest BCUT2D eigenvalue weighted by atomic mass is 79.9. The lowest BCUT2D eigenvalue weighted by Gasteiger charge is -2.02. The Morgan fingerprint density at radius 3 is 2.92 bits per heavy atom. The van der Waals surface area contributed by atoms with Gasteiger partial charge in [0.1, 0.15) is 6.04 Å². The second kappa shape index (κ2) is 4.10. The van der Waals surface area contributed by atoms with E-state index in [0.717, 1.165) is 0 Å². The van der Waals surface area contributed by atoms with Gasteiger partial charge in [-0.05, 0) is 35.0 Å². The topological polar surface area (TPSA) is 66.0 Å². The van der Waals surface area contributed by atoms with Crippen LogP contribution in [0.2, 0.25) is 0 Å². The van der Waals surface area contributed by atoms with Crippen molar-refractivity contribution in [2.24, 2.45) is 0 Å². The minimum absolute atomic E-state index is 0.189. The number of carbonyl (C=O) groups is 1. The maximum absolute atomic E-state index is 11.3. The van der Waals surface area contributed by atoms with Crippen LogP contribution in [0.3, 0.4) is 0 Å². The monoisotopic (exact) mass is 242 g/mol. The van der Waals surface area contributed by atoms with Crippen LogP contribution in [0.4, 0.5) is 0 Å². The number of halogens is 1. The van der Waals surface area contributed by atoms with Crippen molar-refractivity contribution in [1.82, 2.24) is 5.32 Å². The van der Waals surface area contributed by atoms with Crippen LogP contribution >= 0.6 is 15.9 Å². The Labute approximate surface area is 83.7 Å². The van der Waals surface area contributed by atoms with Crippen molar-refractivity contribution in [1.29, 1.82) is 5.26 Å². The highest BCUT2D eigenvalue weighted by molar-refractivity contribution is 9.10. The molecule has 13 heavy (non-hydrogen) atoms. The molecule has 1 N–H and O–H groups in total. The maximum atomic E-state index is 11.3. The van der Waals surface area contributed by atoms with E-state index in [9.17, 15) is 4.79 Å². The van der Waals surface area contributed by atoms with Crippen molar-refractivity contribution in [3.8, 4) is 6.07 Å². The summed E-state index contributed by atoms with van der Waals surface area (Å²) in [4.78, 5) is 11.3. The first-order valence-corrected chi connectivity index (χ1v) is 4.38. The molecule has 0 aliphatic rings. The van der Waals surface area contributed by atoms with Gasteiger partial charge in [-0.2, -0.15) is 5.26 Å². The predicted molar refractivity (Wildman–Crippen MR) is 48.9 cm³/mol. The van der Waals surface area contributed by atoms with Crippen molar-refractivity contribution < 1.29 is 9.21 Å². The summed E-state index contributed by atoms with van der Waals surface area (Å²) in [5.74, 6) is -0.200. The molecule has 0 spiro atoms. The Morgan fingerprint density at radius 1 is 1.77 bits per heavy atom. The zero-order valence-electron chi connectivity index (χ0n) is 6.87. The summed E-state index contributed by atoms with van der Waals surface area (Å²) in [6.45, 7) is 1.59. The van der Waals surface area contributed by atoms with Gasteiger partial charge >= 0.3 is 0 Å². The second-order valence-electron chi connectivity index (χ2n) is 2.43. The average molecular weight is 243 g/mol. The van der Waals surface area contributed by atoms with E-state index in [2.05, 4.69) is 21.2 Å². The summed E-state index contributed by atoms with van der Waals surface area (Å²) >= 11 is 3.07. The molecule has 1 amide bonds. The molecule has 5 heteroatoms. The van der Waals surface area contributed by atoms with Crippen molar-refractivity contribution >= 4 is 21.8 Å². The first-order chi connectivity index (χ1) is 6.13. The molecule has 0 radical (unpaired) electrons. The van der Waals surface area contributed by atoms with Crippen LogP contribution in [-0.2, 0) is 0 Å². The minimum atomic E-state index is -0.517. The van der Waals surface area contributed by atoms with Gasteiger partial charge in [-0.1, -0.05) is 0 Å². The van der Waals surface area contributed by atoms with Gasteiger partial charge in [-0.15, -0.1) is 0 Å². The van der Waals surface area contributed by atoms with Crippen molar-refractivity contribution in [3.63, 3.8) is 0 Å². The quantitative estimate of drug-likeness (QED) is 0.859. The first kappa shape index (κ1) is 9.81. The minimum Gasteiger partial charge on any atom is -0.444 e. The summed E-state index contributed by atoms with van der Waals surface area (Å²) in [7, 11) is 0. The molecule has 4 nitrogen and oxygen atoms in total. The molecule has 1 rings (SSSR count). The van der Waals surface area contributed by atoms with E-state index in [-0.39, 0.29) is 11.7 Å². The largest absolute Gasteiger partial charge is 0.444 e. The third-order valence-electron chi connectivity index (χ3n) is 1.34. The Kier molecular flexibility index (Phi) is 3.09. The smallest absolute Gasteiger partial charge is 0.288 e. The molecule has 0 aliphatic carbocycles. The molecule has 1 unspecified atom stereocenters. The van der Waals surface area contributed by atoms with Gasteiger partial charge in [-0.25, -0.2) is 0 Å². The molecule has 0 saturated carbocycles. The fourth-order valence-corrected chi connectivity index (χ4v) is 1.04. The third kappa shape index (κ3) is 2.60. The van der Waals surface area contributed by atoms with Gasteiger partial charge in [-0.3, -0.25) is 4.79 Å². The van der Waals surface area contributed by atoms with Crippen molar-refractivity contribution in [2.45, 2.75) is 13.0 Å². The number of hydrogen-bond acceptors (Lipinski definition) is 3. The van der Waals surface area contributed by atoms with E-state index in [0.29, 0.717) is 4.67 Å². The lowest BCUT2D eigenvalue weighted by atomic mass is 10.3. The van der Waals surface area contributed by atoms with Gasteiger partial charge in [0, 0.05) is 0 Å². The number of nitrogens with one attached hydrogen (secondary N) is 1. The van der Waals surface area contributed by atoms with E-state index in [4.69, 9.17) is 9.68 Å². The molecule has 0 saturated heterocycles. The number of nitrogens with zero attached hydrogens (tertiary/aromatic N) is 1. The summed E-state index contributed by atoms with van der Waals surface area (Å²) in [6.07, 6.45) is 0. The van der Waals surface area contributed by atoms with Gasteiger partial charge in [0.15, 0.2) is 10.4 Å². The van der Waals surface area contributed by atoms with Gasteiger partial charge in [0.25, 0.3) is 5.91 Å². The maximum Gasteiger partial charge on any atom is 0.288 e. The fourth-order valence-electron chi connectivity index (χ4n) is 0.736. The fraction of sp³-hybridized carbons (Fsp3) is 0.250. The van der Waals surface area contributed by atoms with Gasteiger partial charge in [0.2, 0.25) is 0 Å². The summed E-state index contributed by atoms with van der Waals surface area (Å²) in [5.41, 5.74) is 0. The number of carbonyl (C=O) groups excluding carboxylic acids is 1. The van der Waals surface area contributed by atoms with Gasteiger partial charge in [0.05, 0.1) is 6.07 Å². The second-order valence-corrected chi connectivity index (χ2v) is 3.21. The SMILES string of the molecule is CC(C#N)NC(=O)c1ccc(Br)o1. The lowest BCUT2D eigenvalue weighted by molar-refractivity contribution is 0.0918. The van der Waals surface area contributed by atoms with E-state index >= 15 is 0 Å². The molecule has 1 atom stereocenters. The van der Waals surface area contributed by atoms with Crippen LogP contribution < -0.4 is 5.32 Å². The van der Waals surface area contributed by atoms with Crippen LogP contribution in [0, 0.1) is 11.3 Å². The Balaban J connectivity index is 2.65. The van der Waals surface area contributed by atoms with Crippen LogP contribution in [0.5, 0.6) is 0 Å². The Morgan fingerprint density at radius 2 is 2.46 bits per heavy atom. The number of furan rings is 1. The van der Waals surface area contributed by atoms with Crippen LogP contribution in [0.25, 0.3) is 0 Å². The zero-order chi connectivity index (χ0) is 9.84. The Bertz CT molecular complexity index is 353. The van der Waals surface area contributed by atoms with Crippen LogP contribution in [0.15, 0.2) is 21.2 Å². The van der Waals surface area contributed by atoms with Crippen molar-refractivity contribution in [2.75, 3.05) is 0 Å². The summed E-state index contributed by atoms with van der Waals surface area (Å²) in [5, 5.41) is 10.9. The molecule has 68 valence electrons. The number of hydrogen-bond donors (Lipinski definition) is 1. The molecule has 0 aromatic carbocycles. The van der Waals surface area contributed by atoms with E-state index < -0.39 is 6.04 Å². The van der Waals surface area contributed by atoms with E-state index in [1.54, 1.807) is 13.0 Å². The molecule has 0 bridgehead atoms. The number of nitriles is 1. The van der Waals surface area contributed by atoms with E-state index in [1.807, 2.05) is 6.07 Å². The Hall–Kier alpha value is -1.28. The lowest BCUT2D eigenvalue weighted by Crippen LogP contribution is -2.30. The molecular formula is C8H7BrN2O2. The van der Waals surface area contributed by atoms with Crippen LogP contribution in [0.1, 0.15) is 17.5 Å². The number of amides is 1. The highest BCUT2D eigenvalue weighted by Crippen LogP contribution is 2.13. The molecule has 1 heterocycles. The number of rotatable bonds is 2. The predicted octanol–water partition coefficient (Wildman–Crippen LogP) is 1.68. The van der Waals surface area contributed by atoms with E-state index in [1.165, 1.54) is 6.07 Å². The third-order valence-corrected chi connectivity index (χ3v) is 1.76. The summed E-state index contributed by atoms with van der Waals surface area (Å²) < 4.78 is 5.47. The molecule has 0 fully saturated rings. The zero-order valence-corrected chi connectivity index (χ0v) is 8.46.